The first-order valence-electron chi connectivity index (χ1n) is 6.07. The Balaban J connectivity index is 2.46. The van der Waals surface area contributed by atoms with Crippen LogP contribution in [-0.4, -0.2) is 11.1 Å². The van der Waals surface area contributed by atoms with Gasteiger partial charge in [-0.3, -0.25) is 0 Å². The predicted octanol–water partition coefficient (Wildman–Crippen LogP) is 2.43. The Kier molecular flexibility index (Phi) is 3.89. The Morgan fingerprint density at radius 3 is 2.90 bits per heavy atom. The van der Waals surface area contributed by atoms with E-state index in [-0.39, 0.29) is 12.4 Å². The lowest BCUT2D eigenvalue weighted by molar-refractivity contribution is -0.138. The van der Waals surface area contributed by atoms with Crippen LogP contribution < -0.4 is 5.63 Å². The Hall–Kier alpha value is -2.56. The van der Waals surface area contributed by atoms with Crippen molar-refractivity contribution < 1.29 is 19.1 Å². The molecule has 0 unspecified atom stereocenters. The molecule has 0 fully saturated rings. The third kappa shape index (κ3) is 2.71. The maximum Gasteiger partial charge on any atom is 0.336 e. The minimum absolute atomic E-state index is 0.0323. The van der Waals surface area contributed by atoms with Gasteiger partial charge < -0.3 is 14.3 Å². The van der Waals surface area contributed by atoms with Crippen molar-refractivity contribution >= 4 is 16.9 Å². The number of aromatic hydroxyl groups is 1. The molecule has 1 aromatic carbocycles. The molecule has 1 N–H and O–H groups in total. The van der Waals surface area contributed by atoms with E-state index in [1.807, 2.05) is 0 Å². The maximum atomic E-state index is 11.5. The molecule has 0 saturated carbocycles. The van der Waals surface area contributed by atoms with Gasteiger partial charge >= 0.3 is 11.6 Å². The molecular weight excluding hydrogens is 260 g/mol. The summed E-state index contributed by atoms with van der Waals surface area (Å²) in [6.45, 7) is 3.33. The molecule has 20 heavy (non-hydrogen) atoms. The van der Waals surface area contributed by atoms with E-state index in [2.05, 4.69) is 0 Å². The SMILES string of the molecule is C/C=C/C(=O)OCc1cc(=O)oc2c(C)c(O)ccc12. The van der Waals surface area contributed by atoms with Crippen LogP contribution in [0.25, 0.3) is 11.0 Å². The van der Waals surface area contributed by atoms with Gasteiger partial charge in [-0.05, 0) is 26.0 Å². The lowest BCUT2D eigenvalue weighted by atomic mass is 10.1. The minimum Gasteiger partial charge on any atom is -0.508 e. The van der Waals surface area contributed by atoms with Crippen molar-refractivity contribution in [3.8, 4) is 5.75 Å². The van der Waals surface area contributed by atoms with Crippen LogP contribution in [0.4, 0.5) is 0 Å². The van der Waals surface area contributed by atoms with Gasteiger partial charge in [0.2, 0.25) is 0 Å². The van der Waals surface area contributed by atoms with E-state index in [0.29, 0.717) is 22.1 Å². The van der Waals surface area contributed by atoms with Gasteiger partial charge in [0, 0.05) is 28.7 Å². The number of benzene rings is 1. The normalized spacial score (nSPS) is 11.1. The fraction of sp³-hybridized carbons (Fsp3) is 0.200. The van der Waals surface area contributed by atoms with E-state index in [0.717, 1.165) is 0 Å². The Morgan fingerprint density at radius 1 is 1.45 bits per heavy atom. The molecule has 0 aliphatic heterocycles. The second kappa shape index (κ2) is 5.61. The number of hydrogen-bond acceptors (Lipinski definition) is 5. The zero-order valence-electron chi connectivity index (χ0n) is 11.2. The molecule has 0 radical (unpaired) electrons. The first-order chi connectivity index (χ1) is 9.52. The van der Waals surface area contributed by atoms with Crippen molar-refractivity contribution in [3.63, 3.8) is 0 Å². The molecule has 0 amide bonds. The molecule has 0 aliphatic rings. The highest BCUT2D eigenvalue weighted by Crippen LogP contribution is 2.27. The largest absolute Gasteiger partial charge is 0.508 e. The van der Waals surface area contributed by atoms with E-state index in [1.165, 1.54) is 18.2 Å². The summed E-state index contributed by atoms with van der Waals surface area (Å²) in [5.74, 6) is -0.437. The predicted molar refractivity (Wildman–Crippen MR) is 73.5 cm³/mol. The Labute approximate surface area is 115 Å². The van der Waals surface area contributed by atoms with Crippen LogP contribution in [0, 0.1) is 6.92 Å². The monoisotopic (exact) mass is 274 g/mol. The molecular formula is C15H14O5. The number of phenolic OH excluding ortho intramolecular Hbond substituents is 1. The molecule has 1 heterocycles. The summed E-state index contributed by atoms with van der Waals surface area (Å²) in [5.41, 5.74) is 0.760. The van der Waals surface area contributed by atoms with Crippen LogP contribution >= 0.6 is 0 Å². The highest BCUT2D eigenvalue weighted by molar-refractivity contribution is 5.85. The van der Waals surface area contributed by atoms with Gasteiger partial charge in [-0.2, -0.15) is 0 Å². The summed E-state index contributed by atoms with van der Waals surface area (Å²) in [4.78, 5) is 22.8. The average Bonchev–Trinajstić information content (AvgIpc) is 2.41. The van der Waals surface area contributed by atoms with E-state index >= 15 is 0 Å². The third-order valence-corrected chi connectivity index (χ3v) is 2.89. The van der Waals surface area contributed by atoms with Crippen molar-refractivity contribution in [1.29, 1.82) is 0 Å². The molecule has 2 aromatic rings. The van der Waals surface area contributed by atoms with Crippen molar-refractivity contribution in [2.45, 2.75) is 20.5 Å². The summed E-state index contributed by atoms with van der Waals surface area (Å²) in [7, 11) is 0. The molecule has 0 spiro atoms. The lowest BCUT2D eigenvalue weighted by Gasteiger charge is -2.08. The number of esters is 1. The topological polar surface area (TPSA) is 76.7 Å². The minimum atomic E-state index is -0.553. The second-order valence-electron chi connectivity index (χ2n) is 4.28. The first kappa shape index (κ1) is 13.9. The number of allylic oxidation sites excluding steroid dienone is 1. The number of phenols is 1. The Bertz CT molecular complexity index is 740. The smallest absolute Gasteiger partial charge is 0.336 e. The van der Waals surface area contributed by atoms with Gasteiger partial charge in [0.25, 0.3) is 0 Å². The van der Waals surface area contributed by atoms with E-state index in [4.69, 9.17) is 9.15 Å². The number of carbonyl (C=O) groups is 1. The third-order valence-electron chi connectivity index (χ3n) is 2.89. The zero-order chi connectivity index (χ0) is 14.7. The maximum absolute atomic E-state index is 11.5. The van der Waals surface area contributed by atoms with Crippen molar-refractivity contribution in [2.75, 3.05) is 0 Å². The number of ether oxygens (including phenoxy) is 1. The van der Waals surface area contributed by atoms with Gasteiger partial charge in [0.05, 0.1) is 0 Å². The van der Waals surface area contributed by atoms with Gasteiger partial charge in [-0.15, -0.1) is 0 Å². The number of carbonyl (C=O) groups excluding carboxylic acids is 1. The average molecular weight is 274 g/mol. The van der Waals surface area contributed by atoms with Crippen molar-refractivity contribution in [2.24, 2.45) is 0 Å². The van der Waals surface area contributed by atoms with Crippen LogP contribution in [0.5, 0.6) is 5.75 Å². The van der Waals surface area contributed by atoms with Crippen LogP contribution in [0.2, 0.25) is 0 Å². The molecule has 0 bridgehead atoms. The number of aryl methyl sites for hydroxylation is 1. The van der Waals surface area contributed by atoms with Crippen LogP contribution in [0.1, 0.15) is 18.1 Å². The summed E-state index contributed by atoms with van der Waals surface area (Å²) in [6, 6.07) is 4.41. The number of hydrogen-bond donors (Lipinski definition) is 1. The summed E-state index contributed by atoms with van der Waals surface area (Å²) in [5, 5.41) is 10.3. The van der Waals surface area contributed by atoms with Gasteiger partial charge in [-0.25, -0.2) is 9.59 Å². The van der Waals surface area contributed by atoms with E-state index in [1.54, 1.807) is 26.0 Å². The zero-order valence-corrected chi connectivity index (χ0v) is 11.2. The molecule has 0 atom stereocenters. The number of rotatable bonds is 3. The van der Waals surface area contributed by atoms with E-state index in [9.17, 15) is 14.7 Å². The fourth-order valence-electron chi connectivity index (χ4n) is 1.87. The molecule has 0 saturated heterocycles. The highest BCUT2D eigenvalue weighted by atomic mass is 16.5. The standard InChI is InChI=1S/C15H14O5/c1-3-4-13(17)19-8-10-7-14(18)20-15-9(2)12(16)6-5-11(10)15/h3-7,16H,8H2,1-2H3/b4-3+. The summed E-state index contributed by atoms with van der Waals surface area (Å²) < 4.78 is 10.1. The highest BCUT2D eigenvalue weighted by Gasteiger charge is 2.11. The van der Waals surface area contributed by atoms with Crippen LogP contribution in [-0.2, 0) is 16.1 Å². The van der Waals surface area contributed by atoms with Crippen molar-refractivity contribution in [3.05, 3.63) is 51.9 Å². The summed E-state index contributed by atoms with van der Waals surface area (Å²) in [6.07, 6.45) is 2.87. The van der Waals surface area contributed by atoms with Gasteiger partial charge in [-0.1, -0.05) is 6.08 Å². The first-order valence-corrected chi connectivity index (χ1v) is 6.07. The lowest BCUT2D eigenvalue weighted by Crippen LogP contribution is -2.06. The number of fused-ring (bicyclic) bond motifs is 1. The Morgan fingerprint density at radius 2 is 2.20 bits per heavy atom. The molecule has 5 nitrogen and oxygen atoms in total. The van der Waals surface area contributed by atoms with Gasteiger partial charge in [0.1, 0.15) is 17.9 Å². The molecule has 5 heteroatoms. The molecule has 2 rings (SSSR count). The molecule has 1 aromatic heterocycles. The van der Waals surface area contributed by atoms with Gasteiger partial charge in [0.15, 0.2) is 0 Å². The van der Waals surface area contributed by atoms with Crippen molar-refractivity contribution in [1.82, 2.24) is 0 Å². The summed E-state index contributed by atoms with van der Waals surface area (Å²) >= 11 is 0. The second-order valence-corrected chi connectivity index (χ2v) is 4.28. The fourth-order valence-corrected chi connectivity index (χ4v) is 1.87. The molecule has 104 valence electrons. The molecule has 0 aliphatic carbocycles. The van der Waals surface area contributed by atoms with Crippen LogP contribution in [0.3, 0.4) is 0 Å². The van der Waals surface area contributed by atoms with E-state index < -0.39 is 11.6 Å². The quantitative estimate of drug-likeness (QED) is 0.528. The van der Waals surface area contributed by atoms with Crippen LogP contribution in [0.15, 0.2) is 39.6 Å².